The molecule has 0 spiro atoms. The first-order valence-corrected chi connectivity index (χ1v) is 8.67. The molecule has 0 N–H and O–H groups in total. The van der Waals surface area contributed by atoms with Gasteiger partial charge in [-0.15, -0.1) is 0 Å². The van der Waals surface area contributed by atoms with Gasteiger partial charge in [0.25, 0.3) is 11.8 Å². The topological polar surface area (TPSA) is 65.3 Å². The van der Waals surface area contributed by atoms with E-state index in [-0.39, 0.29) is 11.8 Å². The van der Waals surface area contributed by atoms with Crippen LogP contribution in [0.2, 0.25) is 5.02 Å². The minimum absolute atomic E-state index is 0.343. The molecule has 2 aromatic rings. The molecule has 6 nitrogen and oxygen atoms in total. The van der Waals surface area contributed by atoms with Crippen LogP contribution in [0.25, 0.3) is 0 Å². The van der Waals surface area contributed by atoms with Crippen molar-refractivity contribution < 1.29 is 9.59 Å². The molecule has 26 heavy (non-hydrogen) atoms. The number of aryl methyl sites for hydroxylation is 3. The summed E-state index contributed by atoms with van der Waals surface area (Å²) < 4.78 is 0. The number of rotatable bonds is 2. The van der Waals surface area contributed by atoms with Crippen LogP contribution in [0.4, 0.5) is 11.4 Å². The number of hydrogen-bond donors (Lipinski definition) is 0. The maximum Gasteiger partial charge on any atom is 0.263 e. The summed E-state index contributed by atoms with van der Waals surface area (Å²) in [5.41, 5.74) is 4.20. The predicted octanol–water partition coefficient (Wildman–Crippen LogP) is 3.76. The molecule has 0 aromatic heterocycles. The molecule has 2 unspecified atom stereocenters. The Labute approximate surface area is 156 Å². The Morgan fingerprint density at radius 3 is 2.42 bits per heavy atom. The molecule has 0 bridgehead atoms. The van der Waals surface area contributed by atoms with Crippen LogP contribution in [-0.4, -0.2) is 23.9 Å². The van der Waals surface area contributed by atoms with Gasteiger partial charge in [0.1, 0.15) is 0 Å². The van der Waals surface area contributed by atoms with Gasteiger partial charge >= 0.3 is 0 Å². The molecule has 2 aliphatic heterocycles. The average Bonchev–Trinajstić information content (AvgIpc) is 3.12. The zero-order chi connectivity index (χ0) is 18.6. The quantitative estimate of drug-likeness (QED) is 0.758. The molecule has 0 saturated carbocycles. The average molecular weight is 369 g/mol. The number of fused-ring (bicyclic) bond motifs is 1. The van der Waals surface area contributed by atoms with E-state index in [1.807, 2.05) is 39.0 Å². The number of imide groups is 1. The maximum atomic E-state index is 13.1. The van der Waals surface area contributed by atoms with Crippen molar-refractivity contribution >= 4 is 34.8 Å². The van der Waals surface area contributed by atoms with Crippen molar-refractivity contribution in [2.75, 3.05) is 9.91 Å². The normalized spacial score (nSPS) is 21.7. The zero-order valence-corrected chi connectivity index (χ0v) is 15.4. The van der Waals surface area contributed by atoms with Crippen LogP contribution in [0.3, 0.4) is 0 Å². The fourth-order valence-corrected chi connectivity index (χ4v) is 3.57. The maximum absolute atomic E-state index is 13.1. The molecule has 4 rings (SSSR count). The van der Waals surface area contributed by atoms with Crippen molar-refractivity contribution in [2.24, 2.45) is 10.3 Å². The van der Waals surface area contributed by atoms with Crippen molar-refractivity contribution in [1.29, 1.82) is 0 Å². The van der Waals surface area contributed by atoms with E-state index in [0.717, 1.165) is 27.3 Å². The second-order valence-electron chi connectivity index (χ2n) is 6.67. The summed E-state index contributed by atoms with van der Waals surface area (Å²) in [6, 6.07) is 9.40. The van der Waals surface area contributed by atoms with Crippen LogP contribution < -0.4 is 9.91 Å². The molecule has 132 valence electrons. The third-order valence-corrected chi connectivity index (χ3v) is 5.20. The zero-order valence-electron chi connectivity index (χ0n) is 14.6. The molecule has 1 fully saturated rings. The van der Waals surface area contributed by atoms with E-state index in [1.54, 1.807) is 23.2 Å². The SMILES string of the molecule is Cc1ccc(N2N=NC3C(=O)N(c4ccc(C)c(Cl)c4)C(=O)C32)c(C)c1. The minimum Gasteiger partial charge on any atom is -0.271 e. The van der Waals surface area contributed by atoms with Crippen LogP contribution >= 0.6 is 11.6 Å². The summed E-state index contributed by atoms with van der Waals surface area (Å²) in [5.74, 6) is -0.721. The fourth-order valence-electron chi connectivity index (χ4n) is 3.40. The molecule has 2 aliphatic rings. The standard InChI is InChI=1S/C19H17ClN4O2/c1-10-4-7-15(12(3)8-10)24-17-16(21-22-24)18(25)23(19(17)26)13-6-5-11(2)14(20)9-13/h4-9,16-17H,1-3H3. The van der Waals surface area contributed by atoms with Crippen LogP contribution in [0.1, 0.15) is 16.7 Å². The number of halogens is 1. The van der Waals surface area contributed by atoms with Crippen LogP contribution in [-0.2, 0) is 9.59 Å². The summed E-state index contributed by atoms with van der Waals surface area (Å²) in [4.78, 5) is 27.0. The van der Waals surface area contributed by atoms with Gasteiger partial charge in [0.15, 0.2) is 12.1 Å². The highest BCUT2D eigenvalue weighted by Gasteiger charge is 2.55. The van der Waals surface area contributed by atoms with E-state index < -0.39 is 12.1 Å². The smallest absolute Gasteiger partial charge is 0.263 e. The number of nitrogens with zero attached hydrogens (tertiary/aromatic N) is 4. The molecule has 0 aliphatic carbocycles. The van der Waals surface area contributed by atoms with Gasteiger partial charge in [-0.2, -0.15) is 5.11 Å². The summed E-state index contributed by atoms with van der Waals surface area (Å²) in [6.07, 6.45) is 0. The van der Waals surface area contributed by atoms with Crippen LogP contribution in [0, 0.1) is 20.8 Å². The second kappa shape index (κ2) is 5.92. The summed E-state index contributed by atoms with van der Waals surface area (Å²) in [6.45, 7) is 5.81. The first kappa shape index (κ1) is 16.7. The van der Waals surface area contributed by atoms with Gasteiger partial charge in [-0.05, 0) is 50.1 Å². The number of amides is 2. The second-order valence-corrected chi connectivity index (χ2v) is 7.08. The lowest BCUT2D eigenvalue weighted by Crippen LogP contribution is -2.40. The Morgan fingerprint density at radius 2 is 1.73 bits per heavy atom. The third-order valence-electron chi connectivity index (χ3n) is 4.79. The summed E-state index contributed by atoms with van der Waals surface area (Å²) in [5, 5.41) is 10.2. The molecular formula is C19H17ClN4O2. The van der Waals surface area contributed by atoms with Gasteiger partial charge in [0.2, 0.25) is 0 Å². The molecule has 0 radical (unpaired) electrons. The molecule has 2 heterocycles. The van der Waals surface area contributed by atoms with Crippen molar-refractivity contribution in [3.8, 4) is 0 Å². The predicted molar refractivity (Wildman–Crippen MR) is 99.5 cm³/mol. The van der Waals surface area contributed by atoms with E-state index in [2.05, 4.69) is 10.3 Å². The van der Waals surface area contributed by atoms with E-state index in [4.69, 9.17) is 11.6 Å². The number of anilines is 2. The van der Waals surface area contributed by atoms with Gasteiger partial charge in [-0.3, -0.25) is 9.59 Å². The van der Waals surface area contributed by atoms with E-state index in [9.17, 15) is 9.59 Å². The monoisotopic (exact) mass is 368 g/mol. The van der Waals surface area contributed by atoms with E-state index >= 15 is 0 Å². The lowest BCUT2D eigenvalue weighted by molar-refractivity contribution is -0.121. The van der Waals surface area contributed by atoms with Crippen molar-refractivity contribution in [1.82, 2.24) is 0 Å². The molecule has 7 heteroatoms. The Kier molecular flexibility index (Phi) is 3.80. The van der Waals surface area contributed by atoms with Gasteiger partial charge in [0.05, 0.1) is 11.4 Å². The van der Waals surface area contributed by atoms with Crippen LogP contribution in [0.5, 0.6) is 0 Å². The highest BCUT2D eigenvalue weighted by atomic mass is 35.5. The molecule has 2 aromatic carbocycles. The summed E-state index contributed by atoms with van der Waals surface area (Å²) in [7, 11) is 0. The Balaban J connectivity index is 1.72. The van der Waals surface area contributed by atoms with Crippen molar-refractivity contribution in [3.05, 3.63) is 58.1 Å². The van der Waals surface area contributed by atoms with Gasteiger partial charge in [-0.1, -0.05) is 40.6 Å². The van der Waals surface area contributed by atoms with Crippen molar-refractivity contribution in [2.45, 2.75) is 32.9 Å². The van der Waals surface area contributed by atoms with Crippen molar-refractivity contribution in [3.63, 3.8) is 0 Å². The number of hydrogen-bond acceptors (Lipinski definition) is 5. The number of carbonyl (C=O) groups is 2. The summed E-state index contributed by atoms with van der Waals surface area (Å²) >= 11 is 6.17. The highest BCUT2D eigenvalue weighted by Crippen LogP contribution is 2.37. The number of carbonyl (C=O) groups excluding carboxylic acids is 2. The molecule has 1 saturated heterocycles. The first-order valence-electron chi connectivity index (χ1n) is 8.29. The lowest BCUT2D eigenvalue weighted by atomic mass is 10.1. The Hall–Kier alpha value is -2.73. The fraction of sp³-hybridized carbons (Fsp3) is 0.263. The third kappa shape index (κ3) is 2.41. The Morgan fingerprint density at radius 1 is 0.962 bits per heavy atom. The first-order chi connectivity index (χ1) is 12.4. The van der Waals surface area contributed by atoms with Gasteiger partial charge in [0, 0.05) is 5.02 Å². The largest absolute Gasteiger partial charge is 0.271 e. The molecular weight excluding hydrogens is 352 g/mol. The minimum atomic E-state index is -0.830. The number of benzene rings is 2. The van der Waals surface area contributed by atoms with Gasteiger partial charge < -0.3 is 0 Å². The van der Waals surface area contributed by atoms with Crippen LogP contribution in [0.15, 0.2) is 46.7 Å². The lowest BCUT2D eigenvalue weighted by Gasteiger charge is -2.22. The van der Waals surface area contributed by atoms with E-state index in [1.165, 1.54) is 0 Å². The highest BCUT2D eigenvalue weighted by molar-refractivity contribution is 6.32. The Bertz CT molecular complexity index is 972. The van der Waals surface area contributed by atoms with Gasteiger partial charge in [-0.25, -0.2) is 9.91 Å². The molecule has 2 amide bonds. The van der Waals surface area contributed by atoms with E-state index in [0.29, 0.717) is 10.7 Å². The molecule has 2 atom stereocenters.